The van der Waals surface area contributed by atoms with Crippen LogP contribution in [0.25, 0.3) is 0 Å². The van der Waals surface area contributed by atoms with Gasteiger partial charge in [-0.05, 0) is 70.4 Å². The third-order valence-corrected chi connectivity index (χ3v) is 7.08. The molecule has 2 unspecified atom stereocenters. The summed E-state index contributed by atoms with van der Waals surface area (Å²) in [5.74, 6) is -0.684. The number of alkyl carbamates (subject to hydrolysis) is 1. The molecule has 2 aliphatic rings. The van der Waals surface area contributed by atoms with Gasteiger partial charge in [0.25, 0.3) is 0 Å². The molecule has 36 heavy (non-hydrogen) atoms. The van der Waals surface area contributed by atoms with Gasteiger partial charge in [0.15, 0.2) is 0 Å². The molecular formula is C28H43N3O5. The van der Waals surface area contributed by atoms with Crippen LogP contribution >= 0.6 is 0 Å². The quantitative estimate of drug-likeness (QED) is 0.474. The average Bonchev–Trinajstić information content (AvgIpc) is 2.80. The van der Waals surface area contributed by atoms with Crippen LogP contribution in [-0.2, 0) is 20.7 Å². The molecule has 0 aromatic heterocycles. The number of rotatable bonds is 9. The Kier molecular flexibility index (Phi) is 9.77. The van der Waals surface area contributed by atoms with E-state index >= 15 is 0 Å². The van der Waals surface area contributed by atoms with Crippen molar-refractivity contribution < 1.29 is 24.2 Å². The van der Waals surface area contributed by atoms with Crippen LogP contribution in [0.3, 0.4) is 0 Å². The molecule has 0 saturated heterocycles. The Hall–Kier alpha value is -2.61. The van der Waals surface area contributed by atoms with Gasteiger partial charge < -0.3 is 25.4 Å². The predicted octanol–water partition coefficient (Wildman–Crippen LogP) is 4.01. The van der Waals surface area contributed by atoms with Crippen molar-refractivity contribution in [3.05, 3.63) is 35.4 Å². The highest BCUT2D eigenvalue weighted by Gasteiger charge is 2.42. The molecule has 0 heterocycles. The maximum atomic E-state index is 13.9. The first-order chi connectivity index (χ1) is 17.1. The van der Waals surface area contributed by atoms with Gasteiger partial charge in [0, 0.05) is 12.1 Å². The second kappa shape index (κ2) is 12.6. The molecule has 8 heteroatoms. The van der Waals surface area contributed by atoms with E-state index in [2.05, 4.69) is 17.6 Å². The number of carbonyl (C=O) groups is 3. The lowest BCUT2D eigenvalue weighted by atomic mass is 9.87. The Balaban J connectivity index is 1.91. The maximum absolute atomic E-state index is 13.9. The summed E-state index contributed by atoms with van der Waals surface area (Å²) in [4.78, 5) is 41.7. The van der Waals surface area contributed by atoms with Crippen LogP contribution in [0.15, 0.2) is 24.3 Å². The molecule has 2 atom stereocenters. The number of ether oxygens (including phenoxy) is 1. The Labute approximate surface area is 215 Å². The average molecular weight is 502 g/mol. The van der Waals surface area contributed by atoms with E-state index in [0.717, 1.165) is 62.5 Å². The Morgan fingerprint density at radius 3 is 2.17 bits per heavy atom. The first kappa shape index (κ1) is 28.0. The zero-order valence-corrected chi connectivity index (χ0v) is 22.2. The van der Waals surface area contributed by atoms with Gasteiger partial charge in [-0.3, -0.25) is 9.59 Å². The van der Waals surface area contributed by atoms with E-state index in [1.165, 1.54) is 6.42 Å². The summed E-state index contributed by atoms with van der Waals surface area (Å²) in [6.07, 6.45) is 7.81. The van der Waals surface area contributed by atoms with Gasteiger partial charge in [0.2, 0.25) is 11.8 Å². The summed E-state index contributed by atoms with van der Waals surface area (Å²) in [5.41, 5.74) is 1.13. The van der Waals surface area contributed by atoms with Crippen molar-refractivity contribution in [3.63, 3.8) is 0 Å². The minimum atomic E-state index is -1.21. The minimum Gasteiger partial charge on any atom is -0.444 e. The molecule has 3 amide bonds. The monoisotopic (exact) mass is 501 g/mol. The van der Waals surface area contributed by atoms with Gasteiger partial charge in [0.05, 0.1) is 6.61 Å². The molecule has 2 saturated carbocycles. The molecule has 0 aliphatic heterocycles. The molecule has 1 aromatic carbocycles. The molecule has 2 fully saturated rings. The number of aliphatic hydroxyl groups is 1. The SMILES string of the molecule is CCc1ccc(C(C(=O)NC2CCCCC2)N(C(=O)C(CO)NC(=O)OC(C)(C)C)C2CCC2)cc1. The van der Waals surface area contributed by atoms with Crippen molar-refractivity contribution in [1.29, 1.82) is 0 Å². The molecule has 0 spiro atoms. The summed E-state index contributed by atoms with van der Waals surface area (Å²) in [6.45, 7) is 6.67. The van der Waals surface area contributed by atoms with E-state index in [-0.39, 0.29) is 18.0 Å². The Morgan fingerprint density at radius 2 is 1.67 bits per heavy atom. The molecule has 1 aromatic rings. The van der Waals surface area contributed by atoms with Gasteiger partial charge >= 0.3 is 6.09 Å². The van der Waals surface area contributed by atoms with Gasteiger partial charge in [-0.15, -0.1) is 0 Å². The van der Waals surface area contributed by atoms with E-state index in [4.69, 9.17) is 4.74 Å². The zero-order chi connectivity index (χ0) is 26.3. The van der Waals surface area contributed by atoms with E-state index in [9.17, 15) is 19.5 Å². The van der Waals surface area contributed by atoms with E-state index < -0.39 is 36.3 Å². The van der Waals surface area contributed by atoms with Gasteiger partial charge in [0.1, 0.15) is 17.7 Å². The fourth-order valence-electron chi connectivity index (χ4n) is 4.90. The van der Waals surface area contributed by atoms with Crippen molar-refractivity contribution in [1.82, 2.24) is 15.5 Å². The molecule has 3 N–H and O–H groups in total. The van der Waals surface area contributed by atoms with Crippen LogP contribution < -0.4 is 10.6 Å². The normalized spacial score (nSPS) is 18.5. The first-order valence-electron chi connectivity index (χ1n) is 13.4. The highest BCUT2D eigenvalue weighted by molar-refractivity contribution is 5.92. The second-order valence-corrected chi connectivity index (χ2v) is 11.1. The number of nitrogens with zero attached hydrogens (tertiary/aromatic N) is 1. The van der Waals surface area contributed by atoms with Crippen molar-refractivity contribution >= 4 is 17.9 Å². The Bertz CT molecular complexity index is 885. The highest BCUT2D eigenvalue weighted by Crippen LogP contribution is 2.34. The lowest BCUT2D eigenvalue weighted by Gasteiger charge is -2.44. The maximum Gasteiger partial charge on any atom is 0.408 e. The number of hydrogen-bond donors (Lipinski definition) is 3. The number of nitrogens with one attached hydrogen (secondary N) is 2. The smallest absolute Gasteiger partial charge is 0.408 e. The van der Waals surface area contributed by atoms with Crippen molar-refractivity contribution in [2.45, 2.75) is 115 Å². The van der Waals surface area contributed by atoms with Crippen molar-refractivity contribution in [3.8, 4) is 0 Å². The van der Waals surface area contributed by atoms with Gasteiger partial charge in [-0.1, -0.05) is 50.5 Å². The van der Waals surface area contributed by atoms with Crippen molar-refractivity contribution in [2.24, 2.45) is 0 Å². The van der Waals surface area contributed by atoms with Crippen LogP contribution in [0.5, 0.6) is 0 Å². The third kappa shape index (κ3) is 7.45. The summed E-state index contributed by atoms with van der Waals surface area (Å²) in [6, 6.07) is 5.71. The molecule has 3 rings (SSSR count). The van der Waals surface area contributed by atoms with E-state index in [0.29, 0.717) is 0 Å². The van der Waals surface area contributed by atoms with Crippen LogP contribution in [-0.4, -0.2) is 58.2 Å². The summed E-state index contributed by atoms with van der Waals surface area (Å²) in [7, 11) is 0. The molecule has 8 nitrogen and oxygen atoms in total. The van der Waals surface area contributed by atoms with Gasteiger partial charge in [-0.2, -0.15) is 0 Å². The minimum absolute atomic E-state index is 0.0931. The first-order valence-corrected chi connectivity index (χ1v) is 13.4. The van der Waals surface area contributed by atoms with E-state index in [1.807, 2.05) is 24.3 Å². The number of aryl methyl sites for hydroxylation is 1. The molecule has 0 radical (unpaired) electrons. The number of amides is 3. The third-order valence-electron chi connectivity index (χ3n) is 7.08. The molecule has 0 bridgehead atoms. The Morgan fingerprint density at radius 1 is 1.03 bits per heavy atom. The number of hydrogen-bond acceptors (Lipinski definition) is 5. The van der Waals surface area contributed by atoms with Crippen molar-refractivity contribution in [2.75, 3.05) is 6.61 Å². The predicted molar refractivity (Wildman–Crippen MR) is 138 cm³/mol. The highest BCUT2D eigenvalue weighted by atomic mass is 16.6. The van der Waals surface area contributed by atoms with E-state index in [1.54, 1.807) is 25.7 Å². The number of benzene rings is 1. The van der Waals surface area contributed by atoms with Crippen LogP contribution in [0.1, 0.15) is 96.2 Å². The largest absolute Gasteiger partial charge is 0.444 e. The van der Waals surface area contributed by atoms with Crippen LogP contribution in [0.2, 0.25) is 0 Å². The zero-order valence-electron chi connectivity index (χ0n) is 22.2. The standard InChI is InChI=1S/C28H43N3O5/c1-5-19-14-16-20(17-15-19)24(25(33)29-21-10-7-6-8-11-21)31(22-12-9-13-22)26(34)23(18-32)30-27(35)36-28(2,3)4/h14-17,21-24,32H,5-13,18H2,1-4H3,(H,29,33)(H,30,35). The molecule has 200 valence electrons. The lowest BCUT2D eigenvalue weighted by Crippen LogP contribution is -2.59. The fraction of sp³-hybridized carbons (Fsp3) is 0.679. The summed E-state index contributed by atoms with van der Waals surface area (Å²) >= 11 is 0. The summed E-state index contributed by atoms with van der Waals surface area (Å²) < 4.78 is 5.31. The van der Waals surface area contributed by atoms with Crippen LogP contribution in [0.4, 0.5) is 4.79 Å². The number of carbonyl (C=O) groups excluding carboxylic acids is 3. The lowest BCUT2D eigenvalue weighted by molar-refractivity contribution is -0.148. The molecular weight excluding hydrogens is 458 g/mol. The van der Waals surface area contributed by atoms with Crippen LogP contribution in [0, 0.1) is 0 Å². The molecule has 2 aliphatic carbocycles. The summed E-state index contributed by atoms with van der Waals surface area (Å²) in [5, 5.41) is 15.8. The second-order valence-electron chi connectivity index (χ2n) is 11.1. The topological polar surface area (TPSA) is 108 Å². The van der Waals surface area contributed by atoms with Gasteiger partial charge in [-0.25, -0.2) is 4.79 Å². The number of aliphatic hydroxyl groups excluding tert-OH is 1. The fourth-order valence-corrected chi connectivity index (χ4v) is 4.90.